The van der Waals surface area contributed by atoms with Crippen LogP contribution in [0.3, 0.4) is 0 Å². The van der Waals surface area contributed by atoms with E-state index in [0.29, 0.717) is 26.4 Å². The van der Waals surface area contributed by atoms with Gasteiger partial charge < -0.3 is 14.8 Å². The van der Waals surface area contributed by atoms with E-state index in [1.54, 1.807) is 24.3 Å². The van der Waals surface area contributed by atoms with Gasteiger partial charge >= 0.3 is 0 Å². The van der Waals surface area contributed by atoms with Crippen LogP contribution in [-0.4, -0.2) is 29.9 Å². The van der Waals surface area contributed by atoms with Gasteiger partial charge in [-0.25, -0.2) is 0 Å². The van der Waals surface area contributed by atoms with Crippen molar-refractivity contribution in [1.82, 2.24) is 0 Å². The van der Waals surface area contributed by atoms with Crippen LogP contribution in [0, 0.1) is 13.8 Å². The first-order valence-corrected chi connectivity index (χ1v) is 13.0. The number of thioether (sulfide) groups is 1. The van der Waals surface area contributed by atoms with Crippen molar-refractivity contribution in [3.63, 3.8) is 0 Å². The standard InChI is InChI=1S/C27H23BrN2O4S2/c1-16-11-20(28)21(12-17(16)2)29-25(31)15-34-22-10-9-18(13-23(22)33-3)14-24-26(32)30(27(35)36-24)19-7-5-4-6-8-19/h4-14H,15H2,1-3H3,(H,29,31)/b24-14+. The van der Waals surface area contributed by atoms with Gasteiger partial charge in [-0.1, -0.05) is 48.2 Å². The van der Waals surface area contributed by atoms with Gasteiger partial charge in [0.25, 0.3) is 11.8 Å². The minimum Gasteiger partial charge on any atom is -0.493 e. The first-order chi connectivity index (χ1) is 17.3. The van der Waals surface area contributed by atoms with E-state index in [9.17, 15) is 9.59 Å². The third-order valence-corrected chi connectivity index (χ3v) is 7.47. The van der Waals surface area contributed by atoms with E-state index in [2.05, 4.69) is 21.2 Å². The Kier molecular flexibility index (Phi) is 8.13. The zero-order valence-corrected chi connectivity index (χ0v) is 23.1. The Labute approximate surface area is 227 Å². The first-order valence-electron chi connectivity index (χ1n) is 11.0. The normalized spacial score (nSPS) is 14.3. The molecule has 1 fully saturated rings. The number of methoxy groups -OCH3 is 1. The summed E-state index contributed by atoms with van der Waals surface area (Å²) in [6.45, 7) is 3.81. The minimum atomic E-state index is -0.297. The van der Waals surface area contributed by atoms with Crippen molar-refractivity contribution < 1.29 is 19.1 Å². The van der Waals surface area contributed by atoms with E-state index in [1.807, 2.05) is 56.3 Å². The van der Waals surface area contributed by atoms with Crippen LogP contribution < -0.4 is 19.7 Å². The number of amides is 2. The lowest BCUT2D eigenvalue weighted by atomic mass is 10.1. The van der Waals surface area contributed by atoms with E-state index in [-0.39, 0.29) is 18.4 Å². The number of aryl methyl sites for hydroxylation is 2. The first kappa shape index (κ1) is 25.9. The molecule has 4 rings (SSSR count). The molecule has 0 radical (unpaired) electrons. The number of benzene rings is 3. The van der Waals surface area contributed by atoms with Crippen molar-refractivity contribution in [2.75, 3.05) is 23.9 Å². The van der Waals surface area contributed by atoms with Gasteiger partial charge in [0.2, 0.25) is 0 Å². The van der Waals surface area contributed by atoms with Crippen molar-refractivity contribution in [3.8, 4) is 11.5 Å². The maximum atomic E-state index is 13.0. The van der Waals surface area contributed by atoms with Gasteiger partial charge in [-0.05, 0) is 88.9 Å². The molecular weight excluding hydrogens is 560 g/mol. The molecule has 1 saturated heterocycles. The Hall–Kier alpha value is -3.14. The van der Waals surface area contributed by atoms with Crippen LogP contribution in [0.1, 0.15) is 16.7 Å². The van der Waals surface area contributed by atoms with Gasteiger partial charge in [0.1, 0.15) is 0 Å². The molecule has 9 heteroatoms. The molecule has 0 bridgehead atoms. The van der Waals surface area contributed by atoms with Gasteiger partial charge in [-0.15, -0.1) is 0 Å². The molecular formula is C27H23BrN2O4S2. The smallest absolute Gasteiger partial charge is 0.270 e. The molecule has 0 aromatic heterocycles. The maximum Gasteiger partial charge on any atom is 0.270 e. The van der Waals surface area contributed by atoms with Crippen LogP contribution >= 0.6 is 39.9 Å². The number of ether oxygens (including phenoxy) is 2. The van der Waals surface area contributed by atoms with Gasteiger partial charge in [0, 0.05) is 4.47 Å². The quantitative estimate of drug-likeness (QED) is 0.253. The Balaban J connectivity index is 1.45. The minimum absolute atomic E-state index is 0.176. The van der Waals surface area contributed by atoms with Gasteiger partial charge in [-0.3, -0.25) is 14.5 Å². The van der Waals surface area contributed by atoms with Crippen molar-refractivity contribution >= 4 is 73.5 Å². The monoisotopic (exact) mass is 582 g/mol. The Morgan fingerprint density at radius 3 is 2.53 bits per heavy atom. The molecule has 36 heavy (non-hydrogen) atoms. The predicted molar refractivity (Wildman–Crippen MR) is 153 cm³/mol. The zero-order chi connectivity index (χ0) is 25.8. The molecule has 1 aliphatic rings. The molecule has 1 aliphatic heterocycles. The number of carbonyl (C=O) groups is 2. The second-order valence-corrected chi connectivity index (χ2v) is 10.5. The highest BCUT2D eigenvalue weighted by Crippen LogP contribution is 2.37. The number of para-hydroxylation sites is 1. The molecule has 0 aliphatic carbocycles. The summed E-state index contributed by atoms with van der Waals surface area (Å²) < 4.78 is 12.5. The van der Waals surface area contributed by atoms with Crippen LogP contribution in [-0.2, 0) is 9.59 Å². The molecule has 1 N–H and O–H groups in total. The Bertz CT molecular complexity index is 1380. The lowest BCUT2D eigenvalue weighted by Gasteiger charge is -2.14. The second kappa shape index (κ2) is 11.3. The van der Waals surface area contributed by atoms with Crippen molar-refractivity contribution in [2.45, 2.75) is 13.8 Å². The fourth-order valence-corrected chi connectivity index (χ4v) is 5.37. The van der Waals surface area contributed by atoms with Crippen molar-refractivity contribution in [1.29, 1.82) is 0 Å². The summed E-state index contributed by atoms with van der Waals surface area (Å²) in [6.07, 6.45) is 1.76. The zero-order valence-electron chi connectivity index (χ0n) is 19.8. The molecule has 0 atom stereocenters. The lowest BCUT2D eigenvalue weighted by Crippen LogP contribution is -2.27. The average Bonchev–Trinajstić information content (AvgIpc) is 3.14. The van der Waals surface area contributed by atoms with Crippen LogP contribution in [0.5, 0.6) is 11.5 Å². The Morgan fingerprint density at radius 1 is 1.08 bits per heavy atom. The molecule has 0 saturated carbocycles. The van der Waals surface area contributed by atoms with Crippen LogP contribution in [0.25, 0.3) is 6.08 Å². The number of hydrogen-bond acceptors (Lipinski definition) is 6. The van der Waals surface area contributed by atoms with Gasteiger partial charge in [0.15, 0.2) is 22.4 Å². The summed E-state index contributed by atoms with van der Waals surface area (Å²) in [4.78, 5) is 27.5. The fraction of sp³-hybridized carbons (Fsp3) is 0.148. The Morgan fingerprint density at radius 2 is 1.81 bits per heavy atom. The van der Waals surface area contributed by atoms with Crippen LogP contribution in [0.15, 0.2) is 70.0 Å². The lowest BCUT2D eigenvalue weighted by molar-refractivity contribution is -0.118. The van der Waals surface area contributed by atoms with Crippen LogP contribution in [0.4, 0.5) is 11.4 Å². The summed E-state index contributed by atoms with van der Waals surface area (Å²) in [5, 5.41) is 2.85. The topological polar surface area (TPSA) is 67.9 Å². The molecule has 184 valence electrons. The number of rotatable bonds is 7. The fourth-order valence-electron chi connectivity index (χ4n) is 3.52. The maximum absolute atomic E-state index is 13.0. The highest BCUT2D eigenvalue weighted by atomic mass is 79.9. The highest BCUT2D eigenvalue weighted by Gasteiger charge is 2.33. The van der Waals surface area contributed by atoms with Crippen LogP contribution in [0.2, 0.25) is 0 Å². The van der Waals surface area contributed by atoms with Gasteiger partial charge in [-0.2, -0.15) is 0 Å². The predicted octanol–water partition coefficient (Wildman–Crippen LogP) is 6.50. The average molecular weight is 584 g/mol. The largest absolute Gasteiger partial charge is 0.493 e. The molecule has 0 unspecified atom stereocenters. The van der Waals surface area contributed by atoms with Crippen molar-refractivity contribution in [2.24, 2.45) is 0 Å². The number of nitrogens with one attached hydrogen (secondary N) is 1. The van der Waals surface area contributed by atoms with Gasteiger partial charge in [0.05, 0.1) is 23.4 Å². The SMILES string of the molecule is COc1cc(/C=C2/SC(=S)N(c3ccccc3)C2=O)ccc1OCC(=O)Nc1cc(C)c(C)cc1Br. The number of carbonyl (C=O) groups excluding carboxylic acids is 2. The van der Waals surface area contributed by atoms with Crippen molar-refractivity contribution in [3.05, 3.63) is 86.7 Å². The van der Waals surface area contributed by atoms with E-state index in [4.69, 9.17) is 21.7 Å². The molecule has 0 spiro atoms. The van der Waals surface area contributed by atoms with E-state index in [0.717, 1.165) is 26.9 Å². The third-order valence-electron chi connectivity index (χ3n) is 5.51. The van der Waals surface area contributed by atoms with E-state index >= 15 is 0 Å². The molecule has 1 heterocycles. The molecule has 6 nitrogen and oxygen atoms in total. The number of anilines is 2. The third kappa shape index (κ3) is 5.80. The molecule has 3 aromatic rings. The number of halogens is 1. The number of nitrogens with zero attached hydrogens (tertiary/aromatic N) is 1. The summed E-state index contributed by atoms with van der Waals surface area (Å²) in [6, 6.07) is 18.4. The molecule has 2 amide bonds. The van der Waals surface area contributed by atoms with E-state index < -0.39 is 0 Å². The summed E-state index contributed by atoms with van der Waals surface area (Å²) in [5.41, 5.74) is 4.37. The number of hydrogen-bond donors (Lipinski definition) is 1. The summed E-state index contributed by atoms with van der Waals surface area (Å²) >= 11 is 10.2. The molecule has 3 aromatic carbocycles. The summed E-state index contributed by atoms with van der Waals surface area (Å²) in [5.74, 6) is 0.391. The second-order valence-electron chi connectivity index (χ2n) is 8.02. The highest BCUT2D eigenvalue weighted by molar-refractivity contribution is 9.10. The van der Waals surface area contributed by atoms with E-state index in [1.165, 1.54) is 23.8 Å². The number of thiocarbonyl (C=S) groups is 1. The summed E-state index contributed by atoms with van der Waals surface area (Å²) in [7, 11) is 1.52.